The van der Waals surface area contributed by atoms with E-state index in [0.717, 1.165) is 40.7 Å². The molecule has 4 rings (SSSR count). The summed E-state index contributed by atoms with van der Waals surface area (Å²) in [7, 11) is 0. The van der Waals surface area contributed by atoms with Crippen LogP contribution >= 0.6 is 0 Å². The highest BCUT2D eigenvalue weighted by atomic mass is 19.1. The number of ketones is 1. The van der Waals surface area contributed by atoms with E-state index in [-0.39, 0.29) is 30.0 Å². The zero-order valence-corrected chi connectivity index (χ0v) is 16.8. The van der Waals surface area contributed by atoms with Crippen molar-refractivity contribution in [1.29, 1.82) is 0 Å². The van der Waals surface area contributed by atoms with Crippen molar-refractivity contribution < 1.29 is 19.1 Å². The first-order valence-electron chi connectivity index (χ1n) is 10.2. The van der Waals surface area contributed by atoms with Crippen LogP contribution < -0.4 is 5.32 Å². The minimum absolute atomic E-state index is 0.0543. The first-order chi connectivity index (χ1) is 13.9. The molecule has 5 heteroatoms. The molecule has 1 amide bonds. The highest BCUT2D eigenvalue weighted by Gasteiger charge is 2.54. The van der Waals surface area contributed by atoms with Gasteiger partial charge in [-0.05, 0) is 85.4 Å². The molecule has 2 N–H and O–H groups in total. The van der Waals surface area contributed by atoms with Crippen LogP contribution in [0.5, 0.6) is 0 Å². The number of carbonyl (C=O) groups excluding carboxylic acids is 2. The Kier molecular flexibility index (Phi) is 5.03. The van der Waals surface area contributed by atoms with E-state index in [1.807, 2.05) is 26.0 Å². The number of benzene rings is 2. The number of hydrogen-bond acceptors (Lipinski definition) is 3. The lowest BCUT2D eigenvalue weighted by atomic mass is 9.72. The number of Topliss-reactive ketones (excluding diaryl/α,β-unsaturated/α-hetero) is 1. The third kappa shape index (κ3) is 3.27. The first-order valence-corrected chi connectivity index (χ1v) is 10.2. The van der Waals surface area contributed by atoms with E-state index in [9.17, 15) is 19.1 Å². The van der Waals surface area contributed by atoms with E-state index >= 15 is 0 Å². The van der Waals surface area contributed by atoms with E-state index in [2.05, 4.69) is 5.32 Å². The summed E-state index contributed by atoms with van der Waals surface area (Å²) < 4.78 is 13.3. The Morgan fingerprint density at radius 2 is 1.72 bits per heavy atom. The zero-order valence-electron chi connectivity index (χ0n) is 16.8. The molecule has 2 aromatic rings. The highest BCUT2D eigenvalue weighted by molar-refractivity contribution is 6.17. The van der Waals surface area contributed by atoms with Crippen LogP contribution in [0.25, 0.3) is 11.1 Å². The average Bonchev–Trinajstić information content (AvgIpc) is 2.94. The summed E-state index contributed by atoms with van der Waals surface area (Å²) in [5.74, 6) is -1.21. The maximum Gasteiger partial charge on any atom is 0.235 e. The van der Waals surface area contributed by atoms with E-state index in [1.54, 1.807) is 12.1 Å². The Labute approximate surface area is 170 Å². The number of aryl methyl sites for hydroxylation is 1. The van der Waals surface area contributed by atoms with Crippen molar-refractivity contribution in [3.63, 3.8) is 0 Å². The van der Waals surface area contributed by atoms with Crippen LogP contribution in [-0.2, 0) is 9.59 Å². The van der Waals surface area contributed by atoms with Gasteiger partial charge in [-0.15, -0.1) is 0 Å². The summed E-state index contributed by atoms with van der Waals surface area (Å²) in [6.45, 7) is 3.97. The highest BCUT2D eigenvalue weighted by Crippen LogP contribution is 2.43. The van der Waals surface area contributed by atoms with E-state index < -0.39 is 11.5 Å². The fraction of sp³-hybridized carbons (Fsp3) is 0.417. The Morgan fingerprint density at radius 3 is 2.34 bits per heavy atom. The van der Waals surface area contributed by atoms with Crippen molar-refractivity contribution >= 4 is 11.7 Å². The van der Waals surface area contributed by atoms with Crippen molar-refractivity contribution in [3.05, 3.63) is 58.9 Å². The summed E-state index contributed by atoms with van der Waals surface area (Å²) >= 11 is 0. The summed E-state index contributed by atoms with van der Waals surface area (Å²) in [4.78, 5) is 26.5. The Morgan fingerprint density at radius 1 is 1.07 bits per heavy atom. The number of hydrogen-bond donors (Lipinski definition) is 2. The third-order valence-corrected chi connectivity index (χ3v) is 6.75. The van der Waals surface area contributed by atoms with Gasteiger partial charge in [-0.1, -0.05) is 24.3 Å². The molecule has 29 heavy (non-hydrogen) atoms. The van der Waals surface area contributed by atoms with Crippen molar-refractivity contribution in [2.75, 3.05) is 6.61 Å². The smallest absolute Gasteiger partial charge is 0.235 e. The Balaban J connectivity index is 1.73. The van der Waals surface area contributed by atoms with Gasteiger partial charge in [0.25, 0.3) is 0 Å². The quantitative estimate of drug-likeness (QED) is 0.777. The molecule has 1 heterocycles. The Hall–Kier alpha value is -2.53. The molecule has 1 saturated carbocycles. The van der Waals surface area contributed by atoms with Gasteiger partial charge in [-0.3, -0.25) is 9.59 Å². The molecule has 0 aromatic heterocycles. The lowest BCUT2D eigenvalue weighted by Gasteiger charge is -2.35. The van der Waals surface area contributed by atoms with Gasteiger partial charge in [0, 0.05) is 6.61 Å². The monoisotopic (exact) mass is 395 g/mol. The minimum atomic E-state index is -0.818. The van der Waals surface area contributed by atoms with Crippen LogP contribution in [0.1, 0.15) is 48.3 Å². The second-order valence-corrected chi connectivity index (χ2v) is 8.47. The molecular formula is C24H26FNO3. The van der Waals surface area contributed by atoms with Crippen molar-refractivity contribution in [1.82, 2.24) is 5.32 Å². The zero-order chi connectivity index (χ0) is 20.8. The number of halogens is 1. The van der Waals surface area contributed by atoms with Crippen LogP contribution in [0.2, 0.25) is 0 Å². The molecule has 0 bridgehead atoms. The molecule has 1 aliphatic heterocycles. The number of aliphatic hydroxyl groups is 1. The topological polar surface area (TPSA) is 66.4 Å². The van der Waals surface area contributed by atoms with Crippen LogP contribution in [0.3, 0.4) is 0 Å². The molecule has 0 radical (unpaired) electrons. The van der Waals surface area contributed by atoms with Crippen molar-refractivity contribution in [2.24, 2.45) is 5.92 Å². The van der Waals surface area contributed by atoms with Crippen molar-refractivity contribution in [3.8, 4) is 11.1 Å². The number of amides is 1. The van der Waals surface area contributed by atoms with E-state index in [1.165, 1.54) is 12.1 Å². The maximum atomic E-state index is 13.5. The molecule has 152 valence electrons. The molecule has 2 aliphatic rings. The maximum absolute atomic E-state index is 13.5. The number of aliphatic hydroxyl groups excluding tert-OH is 1. The fourth-order valence-electron chi connectivity index (χ4n) is 5.00. The molecule has 2 aromatic carbocycles. The average molecular weight is 395 g/mol. The largest absolute Gasteiger partial charge is 0.396 e. The Bertz CT molecular complexity index is 959. The molecule has 1 spiro atoms. The predicted octanol–water partition coefficient (Wildman–Crippen LogP) is 3.81. The molecule has 4 nitrogen and oxygen atoms in total. The van der Waals surface area contributed by atoms with Gasteiger partial charge in [0.1, 0.15) is 11.7 Å². The van der Waals surface area contributed by atoms with Gasteiger partial charge in [0.15, 0.2) is 5.78 Å². The normalized spacial score (nSPS) is 26.8. The minimum Gasteiger partial charge on any atom is -0.396 e. The number of rotatable bonds is 3. The molecule has 2 fully saturated rings. The number of carbonyl (C=O) groups is 2. The predicted molar refractivity (Wildman–Crippen MR) is 109 cm³/mol. The molecule has 1 saturated heterocycles. The van der Waals surface area contributed by atoms with Gasteiger partial charge in [0.05, 0.1) is 5.54 Å². The third-order valence-electron chi connectivity index (χ3n) is 6.75. The molecule has 1 atom stereocenters. The summed E-state index contributed by atoms with van der Waals surface area (Å²) in [6.07, 6.45) is 2.63. The lowest BCUT2D eigenvalue weighted by molar-refractivity contribution is -0.126. The van der Waals surface area contributed by atoms with Gasteiger partial charge in [-0.25, -0.2) is 4.39 Å². The van der Waals surface area contributed by atoms with Crippen molar-refractivity contribution in [2.45, 2.75) is 51.0 Å². The van der Waals surface area contributed by atoms with Crippen LogP contribution in [0.4, 0.5) is 4.39 Å². The summed E-state index contributed by atoms with van der Waals surface area (Å²) in [6, 6.07) is 10.1. The second-order valence-electron chi connectivity index (χ2n) is 8.47. The SMILES string of the molecule is Cc1ccc(-c2ccc(F)cc2)c(C)c1C1C(=O)NC2(CCC(CO)CC2)C1=O. The molecule has 1 unspecified atom stereocenters. The van der Waals surface area contributed by atoms with Crippen LogP contribution in [0.15, 0.2) is 36.4 Å². The van der Waals surface area contributed by atoms with Crippen LogP contribution in [0, 0.1) is 25.6 Å². The van der Waals surface area contributed by atoms with E-state index in [4.69, 9.17) is 0 Å². The lowest BCUT2D eigenvalue weighted by Crippen LogP contribution is -2.49. The van der Waals surface area contributed by atoms with Gasteiger partial charge in [-0.2, -0.15) is 0 Å². The van der Waals surface area contributed by atoms with Crippen LogP contribution in [-0.4, -0.2) is 28.9 Å². The van der Waals surface area contributed by atoms with Gasteiger partial charge < -0.3 is 10.4 Å². The van der Waals surface area contributed by atoms with Gasteiger partial charge >= 0.3 is 0 Å². The van der Waals surface area contributed by atoms with E-state index in [0.29, 0.717) is 12.8 Å². The fourth-order valence-corrected chi connectivity index (χ4v) is 5.00. The van der Waals surface area contributed by atoms with Gasteiger partial charge in [0.2, 0.25) is 5.91 Å². The second kappa shape index (κ2) is 7.38. The molecular weight excluding hydrogens is 369 g/mol. The summed E-state index contributed by atoms with van der Waals surface area (Å²) in [5, 5.41) is 12.4. The summed E-state index contributed by atoms with van der Waals surface area (Å²) in [5.41, 5.74) is 3.49. The standard InChI is InChI=1S/C24H26FNO3/c1-14-3-8-19(17-4-6-18(25)7-5-17)15(2)20(14)21-22(28)24(26-23(21)29)11-9-16(13-27)10-12-24/h3-8,16,21,27H,9-13H2,1-2H3,(H,26,29). The first kappa shape index (κ1) is 19.8. The molecule has 1 aliphatic carbocycles. The number of nitrogens with one attached hydrogen (secondary N) is 1.